The molecule has 0 unspecified atom stereocenters. The van der Waals surface area contributed by atoms with Crippen LogP contribution in [-0.2, 0) is 20.2 Å². The molecule has 8 aromatic carbocycles. The van der Waals surface area contributed by atoms with E-state index in [-0.39, 0.29) is 98.5 Å². The van der Waals surface area contributed by atoms with Gasteiger partial charge in [0.2, 0.25) is 0 Å². The van der Waals surface area contributed by atoms with Gasteiger partial charge in [-0.05, 0) is 95.7 Å². The summed E-state index contributed by atoms with van der Waals surface area (Å²) in [4.78, 5) is 15.9. The van der Waals surface area contributed by atoms with E-state index in [2.05, 4.69) is 30.8 Å². The quantitative estimate of drug-likeness (QED) is 0.0292. The Morgan fingerprint density at radius 2 is 1.05 bits per heavy atom. The fourth-order valence-corrected chi connectivity index (χ4v) is 9.56. The molecule has 0 bridgehead atoms. The van der Waals surface area contributed by atoms with E-state index in [4.69, 9.17) is 32.7 Å². The van der Waals surface area contributed by atoms with E-state index < -0.39 is 53.3 Å². The molecule has 0 aliphatic carbocycles. The number of nitrogens with zero attached hydrogens (tertiary/aromatic N) is 5. The molecular formula is C50H38BaCl2N6O12S2. The van der Waals surface area contributed by atoms with E-state index in [1.165, 1.54) is 50.6 Å². The molecule has 23 heteroatoms. The van der Waals surface area contributed by atoms with Crippen molar-refractivity contribution in [3.05, 3.63) is 166 Å². The molecule has 0 aliphatic heterocycles. The first kappa shape index (κ1) is 55.9. The number of azo groups is 2. The molecule has 73 heavy (non-hydrogen) atoms. The van der Waals surface area contributed by atoms with Crippen LogP contribution in [0.15, 0.2) is 169 Å². The van der Waals surface area contributed by atoms with E-state index in [0.717, 1.165) is 0 Å². The molecule has 368 valence electrons. The summed E-state index contributed by atoms with van der Waals surface area (Å²) in [5.41, 5.74) is 0.306. The number of rotatable bonds is 12. The van der Waals surface area contributed by atoms with E-state index in [1.54, 1.807) is 111 Å². The molecule has 8 aromatic rings. The number of phenolic OH excluding ortho intramolecular Hbond substituents is 1. The van der Waals surface area contributed by atoms with Crippen molar-refractivity contribution in [1.82, 2.24) is 0 Å². The van der Waals surface area contributed by atoms with Crippen LogP contribution in [0.1, 0.15) is 27.0 Å². The number of amides is 1. The molecule has 0 aromatic heterocycles. The second-order valence-electron chi connectivity index (χ2n) is 15.3. The predicted molar refractivity (Wildman–Crippen MR) is 275 cm³/mol. The minimum atomic E-state index is -4.75. The van der Waals surface area contributed by atoms with Gasteiger partial charge in [0, 0.05) is 10.8 Å². The number of aromatic hydroxyl groups is 1. The zero-order valence-corrected chi connectivity index (χ0v) is 46.3. The van der Waals surface area contributed by atoms with Gasteiger partial charge in [-0.1, -0.05) is 114 Å². The Balaban J connectivity index is 0.000000235. The minimum absolute atomic E-state index is 0. The van der Waals surface area contributed by atoms with Crippen molar-refractivity contribution in [3.8, 4) is 23.0 Å². The van der Waals surface area contributed by atoms with Crippen molar-refractivity contribution >= 4 is 160 Å². The number of hydrogen-bond acceptors (Lipinski definition) is 15. The molecular weight excluding hydrogens is 1150 g/mol. The average Bonchev–Trinajstić information content (AvgIpc) is 3.34. The van der Waals surface area contributed by atoms with Gasteiger partial charge in [0.25, 0.3) is 26.1 Å². The first-order valence-electron chi connectivity index (χ1n) is 20.9. The molecule has 0 aliphatic rings. The second-order valence-corrected chi connectivity index (χ2v) is 18.8. The Hall–Kier alpha value is -6.41. The molecule has 0 heterocycles. The van der Waals surface area contributed by atoms with Crippen LogP contribution in [0.25, 0.3) is 21.5 Å². The van der Waals surface area contributed by atoms with E-state index >= 15 is 0 Å². The number of aryl methyl sites for hydroxylation is 2. The summed E-state index contributed by atoms with van der Waals surface area (Å²) < 4.78 is 77.5. The van der Waals surface area contributed by atoms with Crippen LogP contribution in [0.3, 0.4) is 0 Å². The molecule has 1 amide bonds. The summed E-state index contributed by atoms with van der Waals surface area (Å²) in [6.07, 6.45) is 0. The van der Waals surface area contributed by atoms with E-state index in [9.17, 15) is 46.1 Å². The number of aliphatic imine (C=N–C) groups is 1. The maximum atomic E-state index is 13.3. The normalized spacial score (nSPS) is 11.9. The number of carbonyl (C=O) groups excluding carboxylic acids is 1. The van der Waals surface area contributed by atoms with Crippen LogP contribution in [-0.4, -0.2) is 106 Å². The van der Waals surface area contributed by atoms with Crippen molar-refractivity contribution in [2.24, 2.45) is 25.4 Å². The van der Waals surface area contributed by atoms with Crippen molar-refractivity contribution in [3.63, 3.8) is 0 Å². The third-order valence-electron chi connectivity index (χ3n) is 10.7. The first-order valence-corrected chi connectivity index (χ1v) is 24.5. The minimum Gasteiger partial charge on any atom is -0.871 e. The van der Waals surface area contributed by atoms with Gasteiger partial charge in [0.05, 0.1) is 41.2 Å². The Morgan fingerprint density at radius 1 is 0.603 bits per heavy atom. The molecule has 0 radical (unpaired) electrons. The number of methoxy groups -OCH3 is 2. The van der Waals surface area contributed by atoms with Gasteiger partial charge in [-0.2, -0.15) is 21.9 Å². The number of ether oxygens (including phenoxy) is 2. The standard InChI is InChI=1S/2C25H20ClN3O6S.Ba/c2*1-14-11-12-19(24(21(14)26)36(32,33)34)28-29-22-16-8-4-3-7-15(16)13-17(23(22)30)25(31)27-18-9-5-6-10-20(18)35-2;/h2*3-13,30H,1-2H3,(H,27,31)(H,32,33,34);/q;;+2/p-2. The van der Waals surface area contributed by atoms with Gasteiger partial charge in [-0.3, -0.25) is 18.9 Å². The SMILES string of the molecule is COc1ccccc1N=C([O-])c1cc2ccccc2c(N=Nc2ccc(C)c(Cl)c2S(=O)(=O)O)c1[O-].COc1ccccc1NC(=O)c1cc2ccccc2c(N=Nc2ccc(C)c(Cl)c2S(=O)(=O)O)c1O.[Ba+2]. The molecule has 0 fully saturated rings. The fourth-order valence-electron chi connectivity index (χ4n) is 7.13. The summed E-state index contributed by atoms with van der Waals surface area (Å²) in [5, 5.41) is 57.5. The van der Waals surface area contributed by atoms with Gasteiger partial charge in [0.1, 0.15) is 44.0 Å². The van der Waals surface area contributed by atoms with Gasteiger partial charge in [0.15, 0.2) is 5.75 Å². The van der Waals surface area contributed by atoms with Crippen LogP contribution in [0.5, 0.6) is 23.0 Å². The number of hydrogen-bond donors (Lipinski definition) is 4. The van der Waals surface area contributed by atoms with Crippen LogP contribution in [0.4, 0.5) is 34.1 Å². The molecule has 0 saturated carbocycles. The zero-order valence-electron chi connectivity index (χ0n) is 38.7. The summed E-state index contributed by atoms with van der Waals surface area (Å²) in [6, 6.07) is 35.4. The first-order chi connectivity index (χ1) is 34.2. The van der Waals surface area contributed by atoms with Gasteiger partial charge in [-0.25, -0.2) is 0 Å². The monoisotopic (exact) mass is 1190 g/mol. The Labute approximate surface area is 468 Å². The predicted octanol–water partition coefficient (Wildman–Crippen LogP) is 11.0. The number of anilines is 1. The van der Waals surface area contributed by atoms with Crippen LogP contribution in [0, 0.1) is 13.8 Å². The number of para-hydroxylation sites is 4. The summed E-state index contributed by atoms with van der Waals surface area (Å²) in [5.74, 6) is -1.89. The summed E-state index contributed by atoms with van der Waals surface area (Å²) in [7, 11) is -6.58. The van der Waals surface area contributed by atoms with E-state index in [0.29, 0.717) is 49.9 Å². The van der Waals surface area contributed by atoms with Crippen molar-refractivity contribution in [2.75, 3.05) is 19.5 Å². The summed E-state index contributed by atoms with van der Waals surface area (Å²) >= 11 is 12.2. The van der Waals surface area contributed by atoms with Crippen LogP contribution < -0.4 is 25.0 Å². The Morgan fingerprint density at radius 3 is 1.59 bits per heavy atom. The fraction of sp³-hybridized carbons (Fsp3) is 0.0800. The van der Waals surface area contributed by atoms with Gasteiger partial charge >= 0.3 is 48.9 Å². The molecule has 0 spiro atoms. The molecule has 0 saturated heterocycles. The van der Waals surface area contributed by atoms with Gasteiger partial charge in [-0.15, -0.1) is 15.3 Å². The van der Waals surface area contributed by atoms with Gasteiger partial charge < -0.3 is 30.1 Å². The van der Waals surface area contributed by atoms with Crippen molar-refractivity contribution in [2.45, 2.75) is 23.6 Å². The number of fused-ring (bicyclic) bond motifs is 2. The third kappa shape index (κ3) is 12.5. The van der Waals surface area contributed by atoms with Crippen LogP contribution >= 0.6 is 23.2 Å². The number of nitrogens with one attached hydrogen (secondary N) is 1. The zero-order chi connectivity index (χ0) is 52.1. The maximum absolute atomic E-state index is 13.3. The molecule has 8 rings (SSSR count). The average molecular weight is 1190 g/mol. The number of carbonyl (C=O) groups is 1. The second kappa shape index (κ2) is 23.6. The van der Waals surface area contributed by atoms with Crippen LogP contribution in [0.2, 0.25) is 10.0 Å². The van der Waals surface area contributed by atoms with Crippen molar-refractivity contribution in [1.29, 1.82) is 0 Å². The van der Waals surface area contributed by atoms with Crippen molar-refractivity contribution < 1.29 is 55.5 Å². The smallest absolute Gasteiger partial charge is 0.871 e. The molecule has 18 nitrogen and oxygen atoms in total. The molecule has 0 atom stereocenters. The Kier molecular flexibility index (Phi) is 18.1. The largest absolute Gasteiger partial charge is 2.00 e. The molecule has 4 N–H and O–H groups in total. The summed E-state index contributed by atoms with van der Waals surface area (Å²) in [6.45, 7) is 3.13. The third-order valence-corrected chi connectivity index (χ3v) is 13.7. The topological polar surface area (TPSA) is 284 Å². The van der Waals surface area contributed by atoms with E-state index in [1.807, 2.05) is 0 Å². The Bertz CT molecular complexity index is 3790. The number of benzene rings is 8. The number of phenols is 1. The maximum Gasteiger partial charge on any atom is 2.00 e. The number of halogens is 2.